The topological polar surface area (TPSA) is 40.5 Å². The molecule has 90 valence electrons. The second-order valence-corrected chi connectivity index (χ2v) is 16.6. The summed E-state index contributed by atoms with van der Waals surface area (Å²) in [6.07, 6.45) is 1.49. The number of halogens is 3. The van der Waals surface area contributed by atoms with E-state index in [9.17, 15) is 0 Å². The standard InChI is InChI=1S/2C4H10O.3ClH.Ta/c2*1-3-4(2)5;;;;/h2*4-5H,3H2,1-2H3;3*1H;/q;;;;;+3/p-3. The fourth-order valence-corrected chi connectivity index (χ4v) is 0. The molecule has 14 heavy (non-hydrogen) atoms. The molecule has 0 saturated carbocycles. The van der Waals surface area contributed by atoms with Crippen molar-refractivity contribution >= 4 is 27.6 Å². The van der Waals surface area contributed by atoms with Crippen LogP contribution in [0.3, 0.4) is 0 Å². The summed E-state index contributed by atoms with van der Waals surface area (Å²) in [4.78, 5) is 0. The van der Waals surface area contributed by atoms with E-state index in [-0.39, 0.29) is 12.2 Å². The van der Waals surface area contributed by atoms with Gasteiger partial charge in [-0.1, -0.05) is 13.8 Å². The molecule has 2 atom stereocenters. The summed E-state index contributed by atoms with van der Waals surface area (Å²) in [5.41, 5.74) is 0. The Hall–Kier alpha value is 1.53. The molecule has 2 unspecified atom stereocenters. The molecule has 0 heterocycles. The van der Waals surface area contributed by atoms with Gasteiger partial charge in [-0.15, -0.1) is 0 Å². The first-order valence-electron chi connectivity index (χ1n) is 4.41. The average molecular weight is 436 g/mol. The van der Waals surface area contributed by atoms with Crippen molar-refractivity contribution in [3.05, 3.63) is 0 Å². The van der Waals surface area contributed by atoms with E-state index in [4.69, 9.17) is 37.8 Å². The van der Waals surface area contributed by atoms with Crippen LogP contribution in [0, 0.1) is 0 Å². The van der Waals surface area contributed by atoms with Gasteiger partial charge in [0.05, 0.1) is 12.2 Å². The van der Waals surface area contributed by atoms with Crippen LogP contribution in [0.4, 0.5) is 0 Å². The summed E-state index contributed by atoms with van der Waals surface area (Å²) < 4.78 is 0. The van der Waals surface area contributed by atoms with Gasteiger partial charge < -0.3 is 10.2 Å². The Morgan fingerprint density at radius 2 is 1.00 bits per heavy atom. The molecule has 2 N–H and O–H groups in total. The zero-order valence-corrected chi connectivity index (χ0v) is 14.5. The first-order chi connectivity index (χ1) is 6.27. The van der Waals surface area contributed by atoms with Crippen molar-refractivity contribution in [3.63, 3.8) is 0 Å². The van der Waals surface area contributed by atoms with Crippen LogP contribution in [0.25, 0.3) is 0 Å². The molecule has 0 spiro atoms. The minimum absolute atomic E-state index is 0.116. The normalized spacial score (nSPS) is 13.3. The fraction of sp³-hybridized carbons (Fsp3) is 1.00. The summed E-state index contributed by atoms with van der Waals surface area (Å²) in [7, 11) is 15.0. The van der Waals surface area contributed by atoms with Gasteiger partial charge in [0.25, 0.3) is 0 Å². The van der Waals surface area contributed by atoms with Crippen LogP contribution in [0.1, 0.15) is 40.5 Å². The maximum atomic E-state index is 8.36. The van der Waals surface area contributed by atoms with Gasteiger partial charge in [-0.2, -0.15) is 0 Å². The van der Waals surface area contributed by atoms with E-state index in [1.54, 1.807) is 13.8 Å². The molecule has 0 saturated heterocycles. The summed E-state index contributed by atoms with van der Waals surface area (Å²) in [5, 5.41) is 16.7. The fourth-order valence-electron chi connectivity index (χ4n) is 0. The average Bonchev–Trinajstić information content (AvgIpc) is 2.04. The predicted octanol–water partition coefficient (Wildman–Crippen LogP) is 3.62. The molecule has 0 aliphatic heterocycles. The molecule has 0 amide bonds. The van der Waals surface area contributed by atoms with Gasteiger partial charge in [-0.25, -0.2) is 0 Å². The second kappa shape index (κ2) is 16.9. The Kier molecular flexibility index (Phi) is 25.3. The van der Waals surface area contributed by atoms with E-state index in [1.165, 1.54) is 0 Å². The van der Waals surface area contributed by atoms with E-state index < -0.39 is 15.2 Å². The molecule has 0 aromatic rings. The molecule has 0 aromatic heterocycles. The van der Waals surface area contributed by atoms with Crippen LogP contribution in [-0.4, -0.2) is 22.4 Å². The van der Waals surface area contributed by atoms with Crippen molar-refractivity contribution in [2.75, 3.05) is 0 Å². The number of aliphatic hydroxyl groups excluding tert-OH is 2. The summed E-state index contributed by atoms with van der Waals surface area (Å²) in [6.45, 7) is 7.45. The van der Waals surface area contributed by atoms with E-state index in [1.807, 2.05) is 13.8 Å². The van der Waals surface area contributed by atoms with Crippen LogP contribution in [-0.2, 0) is 15.2 Å². The van der Waals surface area contributed by atoms with Crippen LogP contribution >= 0.6 is 27.6 Å². The number of rotatable bonds is 2. The van der Waals surface area contributed by atoms with Crippen molar-refractivity contribution < 1.29 is 25.4 Å². The molecule has 0 rings (SSSR count). The van der Waals surface area contributed by atoms with E-state index in [2.05, 4.69) is 0 Å². The third-order valence-corrected chi connectivity index (χ3v) is 1.18. The van der Waals surface area contributed by atoms with Gasteiger partial charge >= 0.3 is 42.8 Å². The Balaban J connectivity index is -0.000000131. The molecule has 2 nitrogen and oxygen atoms in total. The Bertz CT molecular complexity index is 81.9. The predicted molar refractivity (Wildman–Crippen MR) is 61.5 cm³/mol. The van der Waals surface area contributed by atoms with Crippen LogP contribution < -0.4 is 0 Å². The van der Waals surface area contributed by atoms with Crippen LogP contribution in [0.5, 0.6) is 0 Å². The minimum atomic E-state index is -2.18. The van der Waals surface area contributed by atoms with Crippen molar-refractivity contribution in [2.24, 2.45) is 0 Å². The zero-order chi connectivity index (χ0) is 12.1. The van der Waals surface area contributed by atoms with Crippen LogP contribution in [0.15, 0.2) is 0 Å². The van der Waals surface area contributed by atoms with Crippen molar-refractivity contribution in [3.8, 4) is 0 Å². The zero-order valence-electron chi connectivity index (χ0n) is 9.04. The maximum absolute atomic E-state index is 8.36. The quantitative estimate of drug-likeness (QED) is 0.696. The summed E-state index contributed by atoms with van der Waals surface area (Å²) in [5.74, 6) is 0. The summed E-state index contributed by atoms with van der Waals surface area (Å²) in [6, 6.07) is 0. The van der Waals surface area contributed by atoms with Gasteiger partial charge in [-0.3, -0.25) is 0 Å². The van der Waals surface area contributed by atoms with Crippen molar-refractivity contribution in [1.29, 1.82) is 0 Å². The summed E-state index contributed by atoms with van der Waals surface area (Å²) >= 11 is -2.18. The molecule has 0 bridgehead atoms. The molecule has 0 fully saturated rings. The number of hydrogen-bond acceptors (Lipinski definition) is 2. The SMILES string of the molecule is CCC(C)O.CCC(C)O.[Cl][Ta]([Cl])[Cl]. The third kappa shape index (κ3) is 69.5. The number of hydrogen-bond donors (Lipinski definition) is 2. The second-order valence-electron chi connectivity index (χ2n) is 2.71. The molecule has 0 aliphatic carbocycles. The Labute approximate surface area is 105 Å². The molecular formula is C8H20Cl3O2Ta. The molecule has 0 radical (unpaired) electrons. The van der Waals surface area contributed by atoms with Gasteiger partial charge in [0.15, 0.2) is 0 Å². The van der Waals surface area contributed by atoms with E-state index >= 15 is 0 Å². The number of aliphatic hydroxyl groups is 2. The third-order valence-electron chi connectivity index (χ3n) is 1.18. The monoisotopic (exact) mass is 434 g/mol. The van der Waals surface area contributed by atoms with E-state index in [0.717, 1.165) is 12.8 Å². The first-order valence-corrected chi connectivity index (χ1v) is 16.4. The Morgan fingerprint density at radius 3 is 1.00 bits per heavy atom. The van der Waals surface area contributed by atoms with Gasteiger partial charge in [0.2, 0.25) is 0 Å². The molecule has 6 heteroatoms. The Morgan fingerprint density at radius 1 is 0.929 bits per heavy atom. The van der Waals surface area contributed by atoms with Crippen molar-refractivity contribution in [2.45, 2.75) is 52.7 Å². The van der Waals surface area contributed by atoms with Gasteiger partial charge in [0.1, 0.15) is 0 Å². The van der Waals surface area contributed by atoms with Gasteiger partial charge in [0, 0.05) is 0 Å². The van der Waals surface area contributed by atoms with Gasteiger partial charge in [-0.05, 0) is 26.7 Å². The first kappa shape index (κ1) is 20.9. The molecular weight excluding hydrogens is 415 g/mol. The van der Waals surface area contributed by atoms with E-state index in [0.29, 0.717) is 0 Å². The molecule has 0 aromatic carbocycles. The molecule has 0 aliphatic rings. The van der Waals surface area contributed by atoms with Crippen molar-refractivity contribution in [1.82, 2.24) is 0 Å². The van der Waals surface area contributed by atoms with Crippen LogP contribution in [0.2, 0.25) is 0 Å².